The van der Waals surface area contributed by atoms with E-state index in [4.69, 9.17) is 0 Å². The zero-order chi connectivity index (χ0) is 13.5. The highest BCUT2D eigenvalue weighted by atomic mass is 32.2. The van der Waals surface area contributed by atoms with Crippen LogP contribution in [0.4, 0.5) is 0 Å². The van der Waals surface area contributed by atoms with Crippen LogP contribution in [0.3, 0.4) is 0 Å². The Balaban J connectivity index is 0. The number of aromatic nitrogens is 2. The van der Waals surface area contributed by atoms with Gasteiger partial charge < -0.3 is 0 Å². The summed E-state index contributed by atoms with van der Waals surface area (Å²) in [5.41, 5.74) is 0.973. The molecule has 3 heteroatoms. The first-order valence-corrected chi connectivity index (χ1v) is 6.33. The summed E-state index contributed by atoms with van der Waals surface area (Å²) in [4.78, 5) is 0.958. The van der Waals surface area contributed by atoms with Gasteiger partial charge in [0, 0.05) is 11.1 Å². The molecule has 0 aliphatic heterocycles. The summed E-state index contributed by atoms with van der Waals surface area (Å²) < 4.78 is 0. The summed E-state index contributed by atoms with van der Waals surface area (Å²) in [5, 5.41) is 8.38. The molecule has 0 amide bonds. The lowest BCUT2D eigenvalue weighted by molar-refractivity contribution is 1.08. The van der Waals surface area contributed by atoms with Crippen molar-refractivity contribution in [3.63, 3.8) is 0 Å². The van der Waals surface area contributed by atoms with Crippen molar-refractivity contribution in [1.29, 1.82) is 0 Å². The second-order valence-corrected chi connectivity index (χ2v) is 3.60. The van der Waals surface area contributed by atoms with Crippen molar-refractivity contribution in [1.82, 2.24) is 10.2 Å². The van der Waals surface area contributed by atoms with Gasteiger partial charge in [-0.25, -0.2) is 0 Å². The Bertz CT molecular complexity index is 324. The van der Waals surface area contributed by atoms with E-state index >= 15 is 0 Å². The molecule has 1 heterocycles. The van der Waals surface area contributed by atoms with Crippen LogP contribution >= 0.6 is 11.8 Å². The van der Waals surface area contributed by atoms with Gasteiger partial charge in [0.1, 0.15) is 0 Å². The number of nitrogens with zero attached hydrogens (tertiary/aromatic N) is 1. The van der Waals surface area contributed by atoms with Crippen LogP contribution in [0.25, 0.3) is 6.08 Å². The Hall–Kier alpha value is -1.48. The van der Waals surface area contributed by atoms with Crippen molar-refractivity contribution in [3.8, 4) is 0 Å². The van der Waals surface area contributed by atoms with Crippen molar-refractivity contribution in [3.05, 3.63) is 60.2 Å². The molecule has 17 heavy (non-hydrogen) atoms. The van der Waals surface area contributed by atoms with E-state index in [-0.39, 0.29) is 0 Å². The maximum absolute atomic E-state index is 3.81. The first-order valence-electron chi connectivity index (χ1n) is 5.45. The normalized spacial score (nSPS) is 8.41. The fourth-order valence-corrected chi connectivity index (χ4v) is 1.05. The summed E-state index contributed by atoms with van der Waals surface area (Å²) in [5.74, 6) is 0. The summed E-state index contributed by atoms with van der Waals surface area (Å²) in [7, 11) is 0. The Kier molecular flexibility index (Phi) is 15.3. The van der Waals surface area contributed by atoms with Crippen LogP contribution in [0.5, 0.6) is 0 Å². The molecule has 1 N–H and O–H groups in total. The van der Waals surface area contributed by atoms with Crippen molar-refractivity contribution in [2.75, 3.05) is 0 Å². The standard InChI is InChI=1S/C9H10N2S.C3H6.C2H6/c1-3-12-8(2)4-5-9-6-7-10-11-9;1-3-2;1-2/h3-7H,1-2H2,(H,10,11);3H,1H2,2H3;1-2H3/b5-4+;;. The Morgan fingerprint density at radius 2 is 2.00 bits per heavy atom. The molecule has 0 bridgehead atoms. The molecule has 94 valence electrons. The number of rotatable bonds is 4. The minimum Gasteiger partial charge on any atom is -0.278 e. The summed E-state index contributed by atoms with van der Waals surface area (Å²) in [6, 6.07) is 1.89. The van der Waals surface area contributed by atoms with E-state index < -0.39 is 0 Å². The smallest absolute Gasteiger partial charge is 0.0578 e. The predicted octanol–water partition coefficient (Wildman–Crippen LogP) is 5.03. The SMILES string of the molecule is C=CC.C=CSC(=C)/C=C/c1ccn[nH]1.CC. The molecular weight excluding hydrogens is 228 g/mol. The lowest BCUT2D eigenvalue weighted by atomic mass is 10.4. The first kappa shape index (κ1) is 17.9. The van der Waals surface area contributed by atoms with E-state index in [0.29, 0.717) is 0 Å². The van der Waals surface area contributed by atoms with E-state index in [9.17, 15) is 0 Å². The summed E-state index contributed by atoms with van der Waals surface area (Å²) in [6.45, 7) is 16.7. The van der Waals surface area contributed by atoms with Gasteiger partial charge in [-0.15, -0.1) is 6.58 Å². The number of hydrogen-bond donors (Lipinski definition) is 1. The molecule has 1 rings (SSSR count). The van der Waals surface area contributed by atoms with E-state index in [2.05, 4.69) is 29.9 Å². The second kappa shape index (κ2) is 14.5. The van der Waals surface area contributed by atoms with E-state index in [1.807, 2.05) is 39.0 Å². The van der Waals surface area contributed by atoms with Crippen molar-refractivity contribution in [2.24, 2.45) is 0 Å². The van der Waals surface area contributed by atoms with Crippen LogP contribution in [-0.2, 0) is 0 Å². The van der Waals surface area contributed by atoms with Crippen LogP contribution in [0.15, 0.2) is 54.5 Å². The molecule has 0 fully saturated rings. The van der Waals surface area contributed by atoms with Gasteiger partial charge >= 0.3 is 0 Å². The maximum atomic E-state index is 3.81. The first-order chi connectivity index (χ1) is 8.24. The molecule has 0 aliphatic carbocycles. The molecule has 0 saturated carbocycles. The maximum Gasteiger partial charge on any atom is 0.0578 e. The Morgan fingerprint density at radius 1 is 1.41 bits per heavy atom. The fraction of sp³-hybridized carbons (Fsp3) is 0.214. The van der Waals surface area contributed by atoms with Crippen LogP contribution in [-0.4, -0.2) is 10.2 Å². The molecule has 0 aromatic carbocycles. The molecule has 2 nitrogen and oxygen atoms in total. The number of H-pyrrole nitrogens is 1. The van der Waals surface area contributed by atoms with E-state index in [0.717, 1.165) is 10.6 Å². The van der Waals surface area contributed by atoms with Gasteiger partial charge in [0.2, 0.25) is 0 Å². The van der Waals surface area contributed by atoms with Crippen molar-refractivity contribution in [2.45, 2.75) is 20.8 Å². The molecule has 0 unspecified atom stereocenters. The summed E-state index contributed by atoms with van der Waals surface area (Å²) in [6.07, 6.45) is 7.30. The zero-order valence-electron chi connectivity index (χ0n) is 10.9. The summed E-state index contributed by atoms with van der Waals surface area (Å²) >= 11 is 1.50. The van der Waals surface area contributed by atoms with E-state index in [1.54, 1.807) is 17.7 Å². The van der Waals surface area contributed by atoms with Crippen molar-refractivity contribution >= 4 is 17.8 Å². The molecule has 1 aromatic heterocycles. The third kappa shape index (κ3) is 12.5. The van der Waals surface area contributed by atoms with Gasteiger partial charge in [-0.3, -0.25) is 5.10 Å². The van der Waals surface area contributed by atoms with Gasteiger partial charge in [0.15, 0.2) is 0 Å². The fourth-order valence-electron chi connectivity index (χ4n) is 0.689. The number of nitrogens with one attached hydrogen (secondary N) is 1. The van der Waals surface area contributed by atoms with Gasteiger partial charge in [-0.1, -0.05) is 44.8 Å². The minimum absolute atomic E-state index is 0.958. The van der Waals surface area contributed by atoms with Gasteiger partial charge in [-0.05, 0) is 30.6 Å². The molecule has 0 atom stereocenters. The average molecular weight is 250 g/mol. The highest BCUT2D eigenvalue weighted by molar-refractivity contribution is 8.05. The minimum atomic E-state index is 0.958. The average Bonchev–Trinajstić information content (AvgIpc) is 2.83. The second-order valence-electron chi connectivity index (χ2n) is 2.50. The van der Waals surface area contributed by atoms with Crippen LogP contribution in [0.1, 0.15) is 26.5 Å². The highest BCUT2D eigenvalue weighted by Gasteiger charge is 1.86. The number of allylic oxidation sites excluding steroid dienone is 2. The van der Waals surface area contributed by atoms with Crippen LogP contribution < -0.4 is 0 Å². The van der Waals surface area contributed by atoms with Crippen LogP contribution in [0.2, 0.25) is 0 Å². The number of hydrogen-bond acceptors (Lipinski definition) is 2. The third-order valence-corrected chi connectivity index (χ3v) is 1.81. The van der Waals surface area contributed by atoms with Gasteiger partial charge in [0.25, 0.3) is 0 Å². The number of thioether (sulfide) groups is 1. The van der Waals surface area contributed by atoms with Gasteiger partial charge in [-0.2, -0.15) is 5.10 Å². The molecule has 1 aromatic rings. The Labute approximate surface area is 109 Å². The van der Waals surface area contributed by atoms with E-state index in [1.165, 1.54) is 11.8 Å². The molecule has 0 radical (unpaired) electrons. The molecule has 0 aliphatic rings. The largest absolute Gasteiger partial charge is 0.278 e. The zero-order valence-corrected chi connectivity index (χ0v) is 11.8. The topological polar surface area (TPSA) is 28.7 Å². The molecule has 0 saturated heterocycles. The lowest BCUT2D eigenvalue weighted by Gasteiger charge is -1.90. The molecular formula is C14H22N2S. The van der Waals surface area contributed by atoms with Crippen LogP contribution in [0, 0.1) is 0 Å². The Morgan fingerprint density at radius 3 is 2.41 bits per heavy atom. The predicted molar refractivity (Wildman–Crippen MR) is 81.8 cm³/mol. The lowest BCUT2D eigenvalue weighted by Crippen LogP contribution is -1.70. The molecule has 0 spiro atoms. The highest BCUT2D eigenvalue weighted by Crippen LogP contribution is 2.15. The quantitative estimate of drug-likeness (QED) is 0.599. The monoisotopic (exact) mass is 250 g/mol. The van der Waals surface area contributed by atoms with Gasteiger partial charge in [0.05, 0.1) is 5.69 Å². The van der Waals surface area contributed by atoms with Crippen molar-refractivity contribution < 1.29 is 0 Å². The third-order valence-electron chi connectivity index (χ3n) is 1.21. The number of aromatic amines is 1.